The number of rotatable bonds is 5. The Hall–Kier alpha value is -3.17. The number of aliphatic hydroxyl groups is 1. The molecular formula is C26H35N7O2. The summed E-state index contributed by atoms with van der Waals surface area (Å²) in [6, 6.07) is 11.8. The predicted octanol–water partition coefficient (Wildman–Crippen LogP) is 2.99. The van der Waals surface area contributed by atoms with Crippen LogP contribution in [0.1, 0.15) is 43.0 Å². The van der Waals surface area contributed by atoms with Crippen LogP contribution in [0.5, 0.6) is 0 Å². The van der Waals surface area contributed by atoms with E-state index in [1.165, 1.54) is 0 Å². The molecule has 2 aliphatic rings. The monoisotopic (exact) mass is 477 g/mol. The van der Waals surface area contributed by atoms with Gasteiger partial charge in [-0.1, -0.05) is 0 Å². The highest BCUT2D eigenvalue weighted by molar-refractivity contribution is 5.94. The summed E-state index contributed by atoms with van der Waals surface area (Å²) in [5.74, 6) is 0.561. The van der Waals surface area contributed by atoms with Crippen molar-refractivity contribution < 1.29 is 9.90 Å². The Morgan fingerprint density at radius 1 is 1.11 bits per heavy atom. The Bertz CT molecular complexity index is 1170. The van der Waals surface area contributed by atoms with Crippen LogP contribution in [0.15, 0.2) is 42.6 Å². The first kappa shape index (κ1) is 23.6. The van der Waals surface area contributed by atoms with Gasteiger partial charge in [0.1, 0.15) is 0 Å². The summed E-state index contributed by atoms with van der Waals surface area (Å²) in [7, 11) is 4.04. The SMILES string of the molecule is CN1CCC(N(C)C(=O)c2ccc(Nc3nc4c(N5CCC(C)(O)CC5)cccn4n3)cc2)CC1. The number of anilines is 3. The minimum atomic E-state index is -0.600. The van der Waals surface area contributed by atoms with Crippen LogP contribution in [0.3, 0.4) is 0 Å². The molecule has 2 aliphatic heterocycles. The minimum Gasteiger partial charge on any atom is -0.390 e. The number of fused-ring (bicyclic) bond motifs is 1. The Balaban J connectivity index is 1.27. The number of pyridine rings is 1. The Morgan fingerprint density at radius 2 is 1.80 bits per heavy atom. The first-order valence-corrected chi connectivity index (χ1v) is 12.4. The lowest BCUT2D eigenvalue weighted by Gasteiger charge is -2.37. The van der Waals surface area contributed by atoms with Crippen molar-refractivity contribution in [2.24, 2.45) is 0 Å². The van der Waals surface area contributed by atoms with Gasteiger partial charge in [-0.2, -0.15) is 4.98 Å². The molecule has 0 aliphatic carbocycles. The van der Waals surface area contributed by atoms with Crippen LogP contribution < -0.4 is 10.2 Å². The quantitative estimate of drug-likeness (QED) is 0.584. The number of carbonyl (C=O) groups is 1. The molecule has 0 radical (unpaired) electrons. The van der Waals surface area contributed by atoms with Gasteiger partial charge in [0.25, 0.3) is 5.91 Å². The van der Waals surface area contributed by atoms with Crippen molar-refractivity contribution in [2.45, 2.75) is 44.2 Å². The molecule has 4 heterocycles. The van der Waals surface area contributed by atoms with E-state index in [4.69, 9.17) is 4.98 Å². The third-order valence-electron chi connectivity index (χ3n) is 7.47. The predicted molar refractivity (Wildman–Crippen MR) is 137 cm³/mol. The maximum atomic E-state index is 13.0. The molecule has 0 saturated carbocycles. The Kier molecular flexibility index (Phi) is 6.37. The van der Waals surface area contributed by atoms with E-state index < -0.39 is 5.60 Å². The van der Waals surface area contributed by atoms with Gasteiger partial charge in [0, 0.05) is 43.6 Å². The van der Waals surface area contributed by atoms with Gasteiger partial charge in [-0.25, -0.2) is 4.52 Å². The largest absolute Gasteiger partial charge is 0.390 e. The smallest absolute Gasteiger partial charge is 0.253 e. The van der Waals surface area contributed by atoms with Crippen molar-refractivity contribution in [2.75, 3.05) is 50.5 Å². The fourth-order valence-corrected chi connectivity index (χ4v) is 5.00. The van der Waals surface area contributed by atoms with Gasteiger partial charge in [-0.15, -0.1) is 5.10 Å². The molecule has 2 saturated heterocycles. The number of nitrogens with one attached hydrogen (secondary N) is 1. The van der Waals surface area contributed by atoms with Crippen LogP contribution in [0.25, 0.3) is 5.65 Å². The van der Waals surface area contributed by atoms with E-state index in [9.17, 15) is 9.90 Å². The van der Waals surface area contributed by atoms with Gasteiger partial charge >= 0.3 is 0 Å². The zero-order valence-electron chi connectivity index (χ0n) is 20.8. The molecule has 0 bridgehead atoms. The number of carbonyl (C=O) groups excluding carboxylic acids is 1. The van der Waals surface area contributed by atoms with Gasteiger partial charge in [0.15, 0.2) is 5.65 Å². The van der Waals surface area contributed by atoms with E-state index in [0.29, 0.717) is 17.6 Å². The topological polar surface area (TPSA) is 89.2 Å². The molecule has 2 fully saturated rings. The van der Waals surface area contributed by atoms with Gasteiger partial charge < -0.3 is 25.1 Å². The fourth-order valence-electron chi connectivity index (χ4n) is 5.00. The molecule has 2 aromatic heterocycles. The number of piperidine rings is 2. The van der Waals surface area contributed by atoms with Crippen LogP contribution in [0, 0.1) is 0 Å². The van der Waals surface area contributed by atoms with Gasteiger partial charge in [-0.3, -0.25) is 4.79 Å². The number of hydrogen-bond acceptors (Lipinski definition) is 7. The maximum absolute atomic E-state index is 13.0. The summed E-state index contributed by atoms with van der Waals surface area (Å²) < 4.78 is 1.78. The third kappa shape index (κ3) is 5.11. The second-order valence-corrected chi connectivity index (χ2v) is 10.2. The second kappa shape index (κ2) is 9.47. The van der Waals surface area contributed by atoms with Crippen molar-refractivity contribution in [1.82, 2.24) is 24.4 Å². The summed E-state index contributed by atoms with van der Waals surface area (Å²) in [5.41, 5.74) is 2.71. The van der Waals surface area contributed by atoms with Crippen LogP contribution >= 0.6 is 0 Å². The van der Waals surface area contributed by atoms with Crippen molar-refractivity contribution in [3.63, 3.8) is 0 Å². The highest BCUT2D eigenvalue weighted by atomic mass is 16.3. The van der Waals surface area contributed by atoms with E-state index in [-0.39, 0.29) is 5.91 Å². The third-order valence-corrected chi connectivity index (χ3v) is 7.47. The molecule has 0 spiro atoms. The van der Waals surface area contributed by atoms with Crippen LogP contribution in [0.2, 0.25) is 0 Å². The molecule has 9 nitrogen and oxygen atoms in total. The zero-order chi connectivity index (χ0) is 24.6. The van der Waals surface area contributed by atoms with Gasteiger partial charge in [-0.05, 0) is 89.1 Å². The molecule has 1 amide bonds. The molecule has 186 valence electrons. The Morgan fingerprint density at radius 3 is 2.49 bits per heavy atom. The molecule has 5 rings (SSSR count). The lowest BCUT2D eigenvalue weighted by Crippen LogP contribution is -2.44. The van der Waals surface area contributed by atoms with E-state index in [2.05, 4.69) is 33.3 Å². The summed E-state index contributed by atoms with van der Waals surface area (Å²) >= 11 is 0. The minimum absolute atomic E-state index is 0.0575. The molecule has 1 aromatic carbocycles. The lowest BCUT2D eigenvalue weighted by molar-refractivity contribution is 0.0351. The number of aromatic nitrogens is 3. The first-order chi connectivity index (χ1) is 16.8. The number of nitrogens with zero attached hydrogens (tertiary/aromatic N) is 6. The summed E-state index contributed by atoms with van der Waals surface area (Å²) in [6.07, 6.45) is 5.36. The van der Waals surface area contributed by atoms with Gasteiger partial charge in [0.05, 0.1) is 11.3 Å². The zero-order valence-corrected chi connectivity index (χ0v) is 20.8. The number of benzene rings is 1. The van der Waals surface area contributed by atoms with Crippen LogP contribution in [-0.2, 0) is 0 Å². The van der Waals surface area contributed by atoms with Crippen LogP contribution in [0.4, 0.5) is 17.3 Å². The fraction of sp³-hybridized carbons (Fsp3) is 0.500. The van der Waals surface area contributed by atoms with E-state index in [1.807, 2.05) is 55.4 Å². The molecule has 35 heavy (non-hydrogen) atoms. The summed E-state index contributed by atoms with van der Waals surface area (Å²) in [4.78, 5) is 24.2. The van der Waals surface area contributed by atoms with Crippen molar-refractivity contribution in [1.29, 1.82) is 0 Å². The molecular weight excluding hydrogens is 442 g/mol. The highest BCUT2D eigenvalue weighted by Crippen LogP contribution is 2.29. The molecule has 2 N–H and O–H groups in total. The summed E-state index contributed by atoms with van der Waals surface area (Å²) in [6.45, 7) is 5.51. The van der Waals surface area contributed by atoms with E-state index in [1.54, 1.807) is 4.52 Å². The van der Waals surface area contributed by atoms with Crippen molar-refractivity contribution in [3.05, 3.63) is 48.2 Å². The second-order valence-electron chi connectivity index (χ2n) is 10.2. The van der Waals surface area contributed by atoms with Gasteiger partial charge in [0.2, 0.25) is 5.95 Å². The molecule has 0 atom stereocenters. The normalized spacial score (nSPS) is 19.1. The average molecular weight is 478 g/mol. The highest BCUT2D eigenvalue weighted by Gasteiger charge is 2.29. The van der Waals surface area contributed by atoms with Crippen LogP contribution in [-0.4, -0.2) is 87.3 Å². The van der Waals surface area contributed by atoms with Crippen molar-refractivity contribution in [3.8, 4) is 0 Å². The molecule has 9 heteroatoms. The van der Waals surface area contributed by atoms with Crippen molar-refractivity contribution >= 4 is 28.9 Å². The standard InChI is InChI=1S/C26H35N7O2/c1-26(35)12-17-32(18-13-26)22-5-4-14-33-23(22)28-25(29-33)27-20-8-6-19(7-9-20)24(34)31(3)21-10-15-30(2)16-11-21/h4-9,14,21,35H,10-13,15-18H2,1-3H3,(H,27,29). The maximum Gasteiger partial charge on any atom is 0.253 e. The number of amides is 1. The molecule has 3 aromatic rings. The van der Waals surface area contributed by atoms with E-state index >= 15 is 0 Å². The average Bonchev–Trinajstić information content (AvgIpc) is 3.27. The molecule has 0 unspecified atom stereocenters. The first-order valence-electron chi connectivity index (χ1n) is 12.4. The summed E-state index contributed by atoms with van der Waals surface area (Å²) in [5, 5.41) is 18.1. The Labute approximate surface area is 206 Å². The number of likely N-dealkylation sites (tertiary alicyclic amines) is 1. The van der Waals surface area contributed by atoms with E-state index in [0.717, 1.165) is 68.9 Å². The lowest BCUT2D eigenvalue weighted by atomic mass is 9.93. The number of hydrogen-bond donors (Lipinski definition) is 2.